The lowest BCUT2D eigenvalue weighted by molar-refractivity contribution is 0.354. The van der Waals surface area contributed by atoms with Crippen LogP contribution in [-0.2, 0) is 12.8 Å². The van der Waals surface area contributed by atoms with Crippen LogP contribution in [0.25, 0.3) is 11.3 Å². The molecule has 0 amide bonds. The van der Waals surface area contributed by atoms with E-state index >= 15 is 0 Å². The Labute approximate surface area is 182 Å². The molecule has 0 bridgehead atoms. The minimum absolute atomic E-state index is 0.252. The average molecular weight is 423 g/mol. The van der Waals surface area contributed by atoms with Crippen LogP contribution >= 0.6 is 0 Å². The van der Waals surface area contributed by atoms with Crippen molar-refractivity contribution in [1.82, 2.24) is 15.3 Å². The van der Waals surface area contributed by atoms with Crippen molar-refractivity contribution >= 4 is 5.95 Å². The Bertz CT molecular complexity index is 1000. The molecule has 2 N–H and O–H groups in total. The lowest BCUT2D eigenvalue weighted by Crippen LogP contribution is -2.27. The number of halogens is 2. The number of nitrogens with zero attached hydrogens (tertiary/aromatic N) is 2. The van der Waals surface area contributed by atoms with Crippen LogP contribution in [0.5, 0.6) is 0 Å². The van der Waals surface area contributed by atoms with Gasteiger partial charge in [-0.2, -0.15) is 0 Å². The fraction of sp³-hybridized carbons (Fsp3) is 0.360. The first-order valence-electron chi connectivity index (χ1n) is 11.0. The van der Waals surface area contributed by atoms with E-state index in [1.165, 1.54) is 36.7 Å². The highest BCUT2D eigenvalue weighted by molar-refractivity contribution is 5.61. The molecule has 1 saturated heterocycles. The summed E-state index contributed by atoms with van der Waals surface area (Å²) >= 11 is 0. The molecule has 0 unspecified atom stereocenters. The minimum atomic E-state index is -0.439. The second kappa shape index (κ2) is 10.4. The molecule has 6 heteroatoms. The van der Waals surface area contributed by atoms with Gasteiger partial charge in [-0.25, -0.2) is 18.7 Å². The number of hydrogen-bond donors (Lipinski definition) is 2. The van der Waals surface area contributed by atoms with Gasteiger partial charge in [-0.05, 0) is 80.4 Å². The van der Waals surface area contributed by atoms with E-state index in [0.29, 0.717) is 24.6 Å². The lowest BCUT2D eigenvalue weighted by atomic mass is 9.91. The third-order valence-corrected chi connectivity index (χ3v) is 5.83. The molecule has 0 radical (unpaired) electrons. The minimum Gasteiger partial charge on any atom is -0.354 e. The molecular formula is C25H28F2N4. The van der Waals surface area contributed by atoms with Gasteiger partial charge in [0.1, 0.15) is 11.5 Å². The molecule has 0 atom stereocenters. The van der Waals surface area contributed by atoms with Crippen LogP contribution in [0.1, 0.15) is 30.4 Å². The summed E-state index contributed by atoms with van der Waals surface area (Å²) in [6.45, 7) is 2.74. The Kier molecular flexibility index (Phi) is 7.20. The van der Waals surface area contributed by atoms with E-state index in [-0.39, 0.29) is 5.82 Å². The first-order chi connectivity index (χ1) is 15.2. The molecule has 3 aromatic rings. The zero-order valence-corrected chi connectivity index (χ0v) is 17.6. The van der Waals surface area contributed by atoms with Crippen molar-refractivity contribution in [2.75, 3.05) is 25.0 Å². The molecule has 1 fully saturated rings. The first-order valence-corrected chi connectivity index (χ1v) is 11.0. The largest absolute Gasteiger partial charge is 0.354 e. The summed E-state index contributed by atoms with van der Waals surface area (Å²) in [5.74, 6) is 0.437. The van der Waals surface area contributed by atoms with E-state index in [1.54, 1.807) is 6.07 Å². The highest BCUT2D eigenvalue weighted by Crippen LogP contribution is 2.24. The van der Waals surface area contributed by atoms with Crippen molar-refractivity contribution in [1.29, 1.82) is 0 Å². The molecule has 162 valence electrons. The summed E-state index contributed by atoms with van der Waals surface area (Å²) in [7, 11) is 0. The van der Waals surface area contributed by atoms with Gasteiger partial charge in [0.05, 0.1) is 6.20 Å². The Morgan fingerprint density at radius 2 is 1.74 bits per heavy atom. The van der Waals surface area contributed by atoms with Gasteiger partial charge in [0, 0.05) is 12.1 Å². The van der Waals surface area contributed by atoms with Crippen molar-refractivity contribution < 1.29 is 8.78 Å². The number of hydrogen-bond acceptors (Lipinski definition) is 4. The highest BCUT2D eigenvalue weighted by Gasteiger charge is 2.14. The SMILES string of the molecule is Fc1cccc(CCNc2ncc(F)c(-c3cccc(CCC4CCNCC4)c3)n2)c1. The molecule has 1 aliphatic rings. The van der Waals surface area contributed by atoms with Crippen LogP contribution in [0.15, 0.2) is 54.7 Å². The smallest absolute Gasteiger partial charge is 0.223 e. The lowest BCUT2D eigenvalue weighted by Gasteiger charge is -2.22. The standard InChI is InChI=1S/C25H28F2N4/c26-22-6-2-4-20(16-22)11-14-29-25-30-17-23(27)24(31-25)21-5-1-3-19(15-21)8-7-18-9-12-28-13-10-18/h1-6,15-18,28H,7-14H2,(H,29,30,31). The van der Waals surface area contributed by atoms with Gasteiger partial charge in [0.15, 0.2) is 5.82 Å². The number of benzene rings is 2. The number of rotatable bonds is 8. The molecule has 2 aromatic carbocycles. The van der Waals surface area contributed by atoms with Gasteiger partial charge >= 0.3 is 0 Å². The van der Waals surface area contributed by atoms with Crippen LogP contribution in [0.3, 0.4) is 0 Å². The Morgan fingerprint density at radius 3 is 2.55 bits per heavy atom. The number of nitrogens with one attached hydrogen (secondary N) is 2. The summed E-state index contributed by atoms with van der Waals surface area (Å²) < 4.78 is 27.8. The Hall–Kier alpha value is -2.86. The van der Waals surface area contributed by atoms with E-state index in [9.17, 15) is 8.78 Å². The maximum absolute atomic E-state index is 14.5. The van der Waals surface area contributed by atoms with Crippen molar-refractivity contribution in [2.24, 2.45) is 5.92 Å². The van der Waals surface area contributed by atoms with Gasteiger partial charge in [-0.15, -0.1) is 0 Å². The van der Waals surface area contributed by atoms with Gasteiger partial charge in [-0.1, -0.05) is 30.3 Å². The van der Waals surface area contributed by atoms with Crippen molar-refractivity contribution in [3.05, 3.63) is 77.5 Å². The highest BCUT2D eigenvalue weighted by atomic mass is 19.1. The number of anilines is 1. The van der Waals surface area contributed by atoms with E-state index in [4.69, 9.17) is 0 Å². The summed E-state index contributed by atoms with van der Waals surface area (Å²) in [5, 5.41) is 6.52. The maximum atomic E-state index is 14.5. The second-order valence-corrected chi connectivity index (χ2v) is 8.13. The number of aryl methyl sites for hydroxylation is 1. The summed E-state index contributed by atoms with van der Waals surface area (Å²) in [5.41, 5.74) is 3.15. The van der Waals surface area contributed by atoms with Crippen molar-refractivity contribution in [2.45, 2.75) is 32.1 Å². The molecule has 1 aromatic heterocycles. The van der Waals surface area contributed by atoms with E-state index < -0.39 is 5.82 Å². The number of piperidine rings is 1. The molecule has 0 spiro atoms. The monoisotopic (exact) mass is 422 g/mol. The van der Waals surface area contributed by atoms with Gasteiger partial charge in [0.2, 0.25) is 5.95 Å². The van der Waals surface area contributed by atoms with Crippen molar-refractivity contribution in [3.8, 4) is 11.3 Å². The van der Waals surface area contributed by atoms with Gasteiger partial charge in [-0.3, -0.25) is 0 Å². The van der Waals surface area contributed by atoms with E-state index in [0.717, 1.165) is 43.0 Å². The van der Waals surface area contributed by atoms with E-state index in [1.807, 2.05) is 24.3 Å². The third kappa shape index (κ3) is 6.07. The Morgan fingerprint density at radius 1 is 0.968 bits per heavy atom. The fourth-order valence-corrected chi connectivity index (χ4v) is 4.08. The molecular weight excluding hydrogens is 394 g/mol. The quantitative estimate of drug-likeness (QED) is 0.536. The predicted octanol–water partition coefficient (Wildman–Crippen LogP) is 5.01. The maximum Gasteiger partial charge on any atom is 0.223 e. The molecule has 0 aliphatic carbocycles. The zero-order chi connectivity index (χ0) is 21.5. The van der Waals surface area contributed by atoms with Crippen LogP contribution < -0.4 is 10.6 Å². The third-order valence-electron chi connectivity index (χ3n) is 5.83. The average Bonchev–Trinajstić information content (AvgIpc) is 2.80. The molecule has 4 rings (SSSR count). The van der Waals surface area contributed by atoms with E-state index in [2.05, 4.69) is 26.7 Å². The summed E-state index contributed by atoms with van der Waals surface area (Å²) in [6, 6.07) is 14.5. The summed E-state index contributed by atoms with van der Waals surface area (Å²) in [6.07, 6.45) is 6.43. The second-order valence-electron chi connectivity index (χ2n) is 8.13. The van der Waals surface area contributed by atoms with Crippen LogP contribution in [0.2, 0.25) is 0 Å². The molecule has 4 nitrogen and oxygen atoms in total. The molecule has 31 heavy (non-hydrogen) atoms. The van der Waals surface area contributed by atoms with Crippen molar-refractivity contribution in [3.63, 3.8) is 0 Å². The number of aromatic nitrogens is 2. The van der Waals surface area contributed by atoms with Gasteiger partial charge in [0.25, 0.3) is 0 Å². The summed E-state index contributed by atoms with van der Waals surface area (Å²) in [4.78, 5) is 8.46. The normalized spacial score (nSPS) is 14.5. The molecule has 1 aliphatic heterocycles. The molecule has 2 heterocycles. The molecule has 0 saturated carbocycles. The fourth-order valence-electron chi connectivity index (χ4n) is 4.08. The predicted molar refractivity (Wildman–Crippen MR) is 120 cm³/mol. The Balaban J connectivity index is 1.40. The van der Waals surface area contributed by atoms with Gasteiger partial charge < -0.3 is 10.6 Å². The van der Waals surface area contributed by atoms with Crippen LogP contribution in [-0.4, -0.2) is 29.6 Å². The zero-order valence-electron chi connectivity index (χ0n) is 17.6. The van der Waals surface area contributed by atoms with Crippen LogP contribution in [0.4, 0.5) is 14.7 Å². The topological polar surface area (TPSA) is 49.8 Å². The van der Waals surface area contributed by atoms with Crippen LogP contribution in [0, 0.1) is 17.6 Å². The first kappa shape index (κ1) is 21.4.